The van der Waals surface area contributed by atoms with Gasteiger partial charge in [0.1, 0.15) is 0 Å². The second kappa shape index (κ2) is 6.00. The Kier molecular flexibility index (Phi) is 4.36. The highest BCUT2D eigenvalue weighted by atomic mass is 32.2. The summed E-state index contributed by atoms with van der Waals surface area (Å²) in [6, 6.07) is -0.181. The van der Waals surface area contributed by atoms with E-state index >= 15 is 0 Å². The molecule has 1 aliphatic rings. The van der Waals surface area contributed by atoms with Crippen LogP contribution in [0.3, 0.4) is 0 Å². The van der Waals surface area contributed by atoms with Gasteiger partial charge in [0.05, 0.1) is 6.04 Å². The van der Waals surface area contributed by atoms with Crippen molar-refractivity contribution in [2.24, 2.45) is 5.92 Å². The number of carbonyl (C=O) groups excluding carboxylic acids is 1. The van der Waals surface area contributed by atoms with E-state index < -0.39 is 0 Å². The fourth-order valence-corrected chi connectivity index (χ4v) is 3.13. The van der Waals surface area contributed by atoms with E-state index in [-0.39, 0.29) is 11.9 Å². The predicted octanol–water partition coefficient (Wildman–Crippen LogP) is 0.910. The SMILES string of the molecule is CC(NC(=O)CC1CCSCC1)c1nn[nH]n1. The van der Waals surface area contributed by atoms with Gasteiger partial charge in [0.15, 0.2) is 5.82 Å². The molecule has 0 aliphatic carbocycles. The molecular formula is C10H17N5OS. The van der Waals surface area contributed by atoms with Gasteiger partial charge in [-0.05, 0) is 37.2 Å². The molecule has 0 saturated carbocycles. The van der Waals surface area contributed by atoms with E-state index in [4.69, 9.17) is 0 Å². The van der Waals surface area contributed by atoms with Crippen molar-refractivity contribution in [3.05, 3.63) is 5.82 Å². The lowest BCUT2D eigenvalue weighted by Gasteiger charge is -2.21. The number of nitrogens with zero attached hydrogens (tertiary/aromatic N) is 3. The molecule has 1 aromatic heterocycles. The van der Waals surface area contributed by atoms with Gasteiger partial charge in [0.25, 0.3) is 0 Å². The van der Waals surface area contributed by atoms with E-state index in [0.29, 0.717) is 18.2 Å². The molecule has 6 nitrogen and oxygen atoms in total. The van der Waals surface area contributed by atoms with E-state index in [0.717, 1.165) is 12.8 Å². The minimum atomic E-state index is -0.181. The maximum Gasteiger partial charge on any atom is 0.220 e. The second-order valence-electron chi connectivity index (χ2n) is 4.32. The first-order chi connectivity index (χ1) is 8.25. The third-order valence-corrected chi connectivity index (χ3v) is 3.99. The summed E-state index contributed by atoms with van der Waals surface area (Å²) in [5.41, 5.74) is 0. The van der Waals surface area contributed by atoms with Crippen LogP contribution in [0, 0.1) is 5.92 Å². The largest absolute Gasteiger partial charge is 0.346 e. The van der Waals surface area contributed by atoms with Gasteiger partial charge in [-0.2, -0.15) is 17.0 Å². The van der Waals surface area contributed by atoms with Gasteiger partial charge >= 0.3 is 0 Å². The molecule has 2 heterocycles. The summed E-state index contributed by atoms with van der Waals surface area (Å²) in [6.45, 7) is 1.86. The van der Waals surface area contributed by atoms with Crippen molar-refractivity contribution in [2.75, 3.05) is 11.5 Å². The van der Waals surface area contributed by atoms with Crippen molar-refractivity contribution >= 4 is 17.7 Å². The third kappa shape index (κ3) is 3.69. The van der Waals surface area contributed by atoms with Gasteiger partial charge in [0, 0.05) is 6.42 Å². The molecular weight excluding hydrogens is 238 g/mol. The Balaban J connectivity index is 1.76. The van der Waals surface area contributed by atoms with Crippen LogP contribution in [0.15, 0.2) is 0 Å². The van der Waals surface area contributed by atoms with E-state index in [1.54, 1.807) is 0 Å². The lowest BCUT2D eigenvalue weighted by atomic mass is 9.98. The number of hydrogen-bond donors (Lipinski definition) is 2. The van der Waals surface area contributed by atoms with E-state index in [1.165, 1.54) is 11.5 Å². The number of nitrogens with one attached hydrogen (secondary N) is 2. The number of thioether (sulfide) groups is 1. The van der Waals surface area contributed by atoms with Crippen LogP contribution in [0.5, 0.6) is 0 Å². The van der Waals surface area contributed by atoms with Crippen LogP contribution in [0.1, 0.15) is 38.1 Å². The molecule has 94 valence electrons. The zero-order valence-corrected chi connectivity index (χ0v) is 10.7. The quantitative estimate of drug-likeness (QED) is 0.835. The first kappa shape index (κ1) is 12.3. The maximum atomic E-state index is 11.8. The Bertz CT molecular complexity index is 350. The highest BCUT2D eigenvalue weighted by Crippen LogP contribution is 2.25. The standard InChI is InChI=1S/C10H17N5OS/c1-7(10-12-14-15-13-10)11-9(16)6-8-2-4-17-5-3-8/h7-8H,2-6H2,1H3,(H,11,16)(H,12,13,14,15). The minimum absolute atomic E-state index is 0.0826. The molecule has 1 aromatic rings. The van der Waals surface area contributed by atoms with Crippen molar-refractivity contribution in [3.63, 3.8) is 0 Å². The molecule has 1 atom stereocenters. The zero-order chi connectivity index (χ0) is 12.1. The summed E-state index contributed by atoms with van der Waals surface area (Å²) in [5.74, 6) is 3.50. The number of carbonyl (C=O) groups is 1. The van der Waals surface area contributed by atoms with Crippen LogP contribution < -0.4 is 5.32 Å². The third-order valence-electron chi connectivity index (χ3n) is 2.94. The summed E-state index contributed by atoms with van der Waals surface area (Å²) in [4.78, 5) is 11.8. The average Bonchev–Trinajstić information content (AvgIpc) is 2.83. The Morgan fingerprint density at radius 1 is 1.59 bits per heavy atom. The topological polar surface area (TPSA) is 83.6 Å². The lowest BCUT2D eigenvalue weighted by Crippen LogP contribution is -2.29. The zero-order valence-electron chi connectivity index (χ0n) is 9.85. The van der Waals surface area contributed by atoms with Gasteiger partial charge in [-0.25, -0.2) is 0 Å². The van der Waals surface area contributed by atoms with E-state index in [9.17, 15) is 4.79 Å². The molecule has 2 rings (SSSR count). The number of aromatic nitrogens is 4. The molecule has 1 amide bonds. The molecule has 7 heteroatoms. The molecule has 1 fully saturated rings. The first-order valence-corrected chi connectivity index (χ1v) is 7.01. The molecule has 2 N–H and O–H groups in total. The molecule has 0 bridgehead atoms. The Labute approximate surface area is 104 Å². The predicted molar refractivity (Wildman–Crippen MR) is 65.4 cm³/mol. The van der Waals surface area contributed by atoms with E-state index in [2.05, 4.69) is 25.9 Å². The number of hydrogen-bond acceptors (Lipinski definition) is 5. The van der Waals surface area contributed by atoms with Crippen molar-refractivity contribution in [1.29, 1.82) is 0 Å². The fraction of sp³-hybridized carbons (Fsp3) is 0.800. The molecule has 1 saturated heterocycles. The van der Waals surface area contributed by atoms with Gasteiger partial charge in [-0.3, -0.25) is 4.79 Å². The maximum absolute atomic E-state index is 11.8. The second-order valence-corrected chi connectivity index (χ2v) is 5.54. The average molecular weight is 255 g/mol. The van der Waals surface area contributed by atoms with Crippen LogP contribution in [0.2, 0.25) is 0 Å². The lowest BCUT2D eigenvalue weighted by molar-refractivity contribution is -0.122. The van der Waals surface area contributed by atoms with E-state index in [1.807, 2.05) is 18.7 Å². The number of tetrazole rings is 1. The van der Waals surface area contributed by atoms with Gasteiger partial charge in [-0.15, -0.1) is 10.2 Å². The molecule has 1 aliphatic heterocycles. The molecule has 17 heavy (non-hydrogen) atoms. The smallest absolute Gasteiger partial charge is 0.220 e. The number of aromatic amines is 1. The summed E-state index contributed by atoms with van der Waals surface area (Å²) < 4.78 is 0. The van der Waals surface area contributed by atoms with Gasteiger partial charge in [-0.1, -0.05) is 5.21 Å². The number of rotatable bonds is 4. The first-order valence-electron chi connectivity index (χ1n) is 5.86. The van der Waals surface area contributed by atoms with Crippen molar-refractivity contribution < 1.29 is 4.79 Å². The highest BCUT2D eigenvalue weighted by molar-refractivity contribution is 7.99. The minimum Gasteiger partial charge on any atom is -0.346 e. The molecule has 0 radical (unpaired) electrons. The summed E-state index contributed by atoms with van der Waals surface area (Å²) in [5, 5.41) is 16.5. The summed E-state index contributed by atoms with van der Waals surface area (Å²) in [6.07, 6.45) is 2.91. The molecule has 0 aromatic carbocycles. The highest BCUT2D eigenvalue weighted by Gasteiger charge is 2.19. The van der Waals surface area contributed by atoms with Crippen LogP contribution in [0.4, 0.5) is 0 Å². The summed E-state index contributed by atoms with van der Waals surface area (Å²) in [7, 11) is 0. The fourth-order valence-electron chi connectivity index (χ4n) is 1.93. The van der Waals surface area contributed by atoms with Crippen molar-refractivity contribution in [2.45, 2.75) is 32.2 Å². The van der Waals surface area contributed by atoms with Crippen LogP contribution in [-0.2, 0) is 4.79 Å². The van der Waals surface area contributed by atoms with Crippen molar-refractivity contribution in [3.8, 4) is 0 Å². The van der Waals surface area contributed by atoms with Gasteiger partial charge in [0.2, 0.25) is 5.91 Å². The number of amides is 1. The normalized spacial score (nSPS) is 18.9. The summed E-state index contributed by atoms with van der Waals surface area (Å²) >= 11 is 1.97. The van der Waals surface area contributed by atoms with Crippen LogP contribution in [-0.4, -0.2) is 38.0 Å². The Hall–Kier alpha value is -1.11. The molecule has 0 spiro atoms. The van der Waals surface area contributed by atoms with Gasteiger partial charge < -0.3 is 5.32 Å². The van der Waals surface area contributed by atoms with Crippen LogP contribution >= 0.6 is 11.8 Å². The monoisotopic (exact) mass is 255 g/mol. The molecule has 1 unspecified atom stereocenters. The van der Waals surface area contributed by atoms with Crippen LogP contribution in [0.25, 0.3) is 0 Å². The Morgan fingerprint density at radius 2 is 2.35 bits per heavy atom. The van der Waals surface area contributed by atoms with Crippen molar-refractivity contribution in [1.82, 2.24) is 25.9 Å². The Morgan fingerprint density at radius 3 is 3.00 bits per heavy atom. The number of H-pyrrole nitrogens is 1.